The van der Waals surface area contributed by atoms with E-state index in [1.165, 1.54) is 53.9 Å². The summed E-state index contributed by atoms with van der Waals surface area (Å²) in [5.74, 6) is 0.0816. The molecule has 6 aromatic carbocycles. The Kier molecular flexibility index (Phi) is 6.10. The molecule has 7 aromatic rings. The number of aryl methyl sites for hydroxylation is 1. The van der Waals surface area contributed by atoms with Gasteiger partial charge in [0.05, 0.1) is 11.3 Å². The number of ketones is 1. The van der Waals surface area contributed by atoms with Gasteiger partial charge in [-0.2, -0.15) is 0 Å². The normalized spacial score (nSPS) is 14.7. The van der Waals surface area contributed by atoms with Crippen molar-refractivity contribution in [2.24, 2.45) is 0 Å². The van der Waals surface area contributed by atoms with Crippen LogP contribution in [-0.2, 0) is 11.8 Å². The number of hydrogen-bond donors (Lipinski definition) is 0. The van der Waals surface area contributed by atoms with Gasteiger partial charge in [0, 0.05) is 37.3 Å². The molecule has 3 heteroatoms. The molecule has 2 nitrogen and oxygen atoms in total. The summed E-state index contributed by atoms with van der Waals surface area (Å²) in [6, 6.07) is 45.6. The molecule has 1 aromatic heterocycles. The first kappa shape index (κ1) is 28.5. The monoisotopic (exact) mass is 647 g/mol. The number of rotatable bonds is 4. The van der Waals surface area contributed by atoms with Crippen molar-refractivity contribution in [1.82, 2.24) is 0 Å². The minimum absolute atomic E-state index is 0.0816. The van der Waals surface area contributed by atoms with Crippen LogP contribution in [0.4, 0.5) is 17.1 Å². The second kappa shape index (κ2) is 10.5. The van der Waals surface area contributed by atoms with Crippen molar-refractivity contribution in [3.05, 3.63) is 166 Å². The van der Waals surface area contributed by atoms with E-state index in [0.717, 1.165) is 52.2 Å². The lowest BCUT2D eigenvalue weighted by molar-refractivity contribution is 0.104. The quantitative estimate of drug-likeness (QED) is 0.189. The maximum atomic E-state index is 14.1. The number of carbonyl (C=O) groups is 1. The van der Waals surface area contributed by atoms with E-state index in [4.69, 9.17) is 0 Å². The Labute approximate surface area is 290 Å². The maximum Gasteiger partial charge on any atom is 0.196 e. The summed E-state index contributed by atoms with van der Waals surface area (Å²) in [5.41, 5.74) is 15.4. The molecule has 0 bridgehead atoms. The van der Waals surface area contributed by atoms with Crippen LogP contribution >= 0.6 is 11.3 Å². The lowest BCUT2D eigenvalue weighted by atomic mass is 9.82. The molecule has 0 fully saturated rings. The van der Waals surface area contributed by atoms with Crippen LogP contribution in [0.5, 0.6) is 0 Å². The summed E-state index contributed by atoms with van der Waals surface area (Å²) < 4.78 is 1.35. The number of benzene rings is 6. The zero-order valence-corrected chi connectivity index (χ0v) is 28.3. The van der Waals surface area contributed by atoms with Crippen LogP contribution in [0.2, 0.25) is 0 Å². The van der Waals surface area contributed by atoms with E-state index in [0.29, 0.717) is 0 Å². The number of anilines is 3. The molecule has 0 aliphatic heterocycles. The first-order chi connectivity index (χ1) is 24.0. The Morgan fingerprint density at radius 2 is 1.35 bits per heavy atom. The van der Waals surface area contributed by atoms with Crippen molar-refractivity contribution in [2.45, 2.75) is 32.1 Å². The van der Waals surface area contributed by atoms with E-state index in [2.05, 4.69) is 140 Å². The molecule has 3 aliphatic rings. The highest BCUT2D eigenvalue weighted by molar-refractivity contribution is 7.19. The molecular weight excluding hydrogens is 615 g/mol. The van der Waals surface area contributed by atoms with Gasteiger partial charge in [-0.05, 0) is 105 Å². The summed E-state index contributed by atoms with van der Waals surface area (Å²) in [6.07, 6.45) is 6.86. The molecule has 1 heterocycles. The highest BCUT2D eigenvalue weighted by Crippen LogP contribution is 2.52. The van der Waals surface area contributed by atoms with E-state index in [1.807, 2.05) is 29.5 Å². The Hall–Kier alpha value is -5.51. The highest BCUT2D eigenvalue weighted by atomic mass is 32.1. The van der Waals surface area contributed by atoms with Gasteiger partial charge in [-0.3, -0.25) is 4.79 Å². The molecule has 0 saturated carbocycles. The fourth-order valence-corrected chi connectivity index (χ4v) is 9.62. The predicted molar refractivity (Wildman–Crippen MR) is 206 cm³/mol. The van der Waals surface area contributed by atoms with Gasteiger partial charge in [0.25, 0.3) is 0 Å². The van der Waals surface area contributed by atoms with Crippen molar-refractivity contribution in [3.63, 3.8) is 0 Å². The van der Waals surface area contributed by atoms with Crippen molar-refractivity contribution in [2.75, 3.05) is 4.90 Å². The standard InChI is InChI=1S/C46H33NOS/c1-46(2)39-15-7-5-11-33(39)34-24-23-31(27-40(34)46)47(41-16-9-14-36-32-10-3-4-13-37(32)45(48)44(36)41)30-21-18-28(19-22-30)29-20-25-43-38(26-29)35-12-6-8-17-42(35)49-43/h3-7,9-16,18-27H,8,17H2,1-2H3. The Bertz CT molecular complexity index is 2550. The number of allylic oxidation sites excluding steroid dienone is 1. The first-order valence-corrected chi connectivity index (χ1v) is 17.9. The summed E-state index contributed by atoms with van der Waals surface area (Å²) >= 11 is 1.93. The van der Waals surface area contributed by atoms with Crippen LogP contribution in [0.25, 0.3) is 49.5 Å². The third-order valence-electron chi connectivity index (χ3n) is 10.9. The van der Waals surface area contributed by atoms with Gasteiger partial charge < -0.3 is 4.90 Å². The third kappa shape index (κ3) is 4.15. The minimum Gasteiger partial charge on any atom is -0.310 e. The molecule has 0 N–H and O–H groups in total. The van der Waals surface area contributed by atoms with Crippen molar-refractivity contribution >= 4 is 50.3 Å². The maximum absolute atomic E-state index is 14.1. The lowest BCUT2D eigenvalue weighted by Crippen LogP contribution is -2.17. The highest BCUT2D eigenvalue weighted by Gasteiger charge is 2.37. The molecule has 49 heavy (non-hydrogen) atoms. The molecule has 0 radical (unpaired) electrons. The fraction of sp³-hybridized carbons (Fsp3) is 0.109. The van der Waals surface area contributed by atoms with Gasteiger partial charge in [-0.1, -0.05) is 111 Å². The van der Waals surface area contributed by atoms with E-state index in [-0.39, 0.29) is 11.2 Å². The zero-order chi connectivity index (χ0) is 32.9. The average molecular weight is 648 g/mol. The topological polar surface area (TPSA) is 20.3 Å². The van der Waals surface area contributed by atoms with Crippen LogP contribution in [0, 0.1) is 0 Å². The van der Waals surface area contributed by atoms with Gasteiger partial charge in [0.15, 0.2) is 5.78 Å². The number of hydrogen-bond acceptors (Lipinski definition) is 3. The van der Waals surface area contributed by atoms with E-state index in [1.54, 1.807) is 0 Å². The van der Waals surface area contributed by atoms with Crippen LogP contribution in [0.1, 0.15) is 57.8 Å². The molecule has 10 rings (SSSR count). The fourth-order valence-electron chi connectivity index (χ4n) is 8.43. The molecule has 0 unspecified atom stereocenters. The van der Waals surface area contributed by atoms with Gasteiger partial charge >= 0.3 is 0 Å². The Balaban J connectivity index is 1.13. The summed E-state index contributed by atoms with van der Waals surface area (Å²) in [6.45, 7) is 4.64. The van der Waals surface area contributed by atoms with Gasteiger partial charge in [-0.25, -0.2) is 0 Å². The SMILES string of the molecule is CC1(C)c2ccccc2-c2ccc(N(c3ccc(-c4ccc5sc6c(c5c4)C=CCC6)cc3)c3cccc4c3C(=O)c3ccccc3-4)cc21. The van der Waals surface area contributed by atoms with Crippen LogP contribution in [0.15, 0.2) is 133 Å². The molecular formula is C46H33NOS. The minimum atomic E-state index is -0.142. The van der Waals surface area contributed by atoms with Gasteiger partial charge in [0.1, 0.15) is 0 Å². The number of nitrogens with zero attached hydrogens (tertiary/aromatic N) is 1. The first-order valence-electron chi connectivity index (χ1n) is 17.1. The lowest BCUT2D eigenvalue weighted by Gasteiger charge is -2.29. The predicted octanol–water partition coefficient (Wildman–Crippen LogP) is 12.5. The number of fused-ring (bicyclic) bond motifs is 9. The summed E-state index contributed by atoms with van der Waals surface area (Å²) in [5, 5.41) is 1.35. The van der Waals surface area contributed by atoms with Crippen molar-refractivity contribution in [3.8, 4) is 33.4 Å². The van der Waals surface area contributed by atoms with Crippen LogP contribution < -0.4 is 4.90 Å². The smallest absolute Gasteiger partial charge is 0.196 e. The molecule has 0 atom stereocenters. The summed E-state index contributed by atoms with van der Waals surface area (Å²) in [7, 11) is 0. The summed E-state index contributed by atoms with van der Waals surface area (Å²) in [4.78, 5) is 17.9. The van der Waals surface area contributed by atoms with Crippen LogP contribution in [-0.4, -0.2) is 5.78 Å². The number of thiophene rings is 1. The second-order valence-electron chi connectivity index (χ2n) is 13.9. The number of carbonyl (C=O) groups excluding carboxylic acids is 1. The van der Waals surface area contributed by atoms with E-state index >= 15 is 0 Å². The molecule has 3 aliphatic carbocycles. The van der Waals surface area contributed by atoms with Crippen molar-refractivity contribution < 1.29 is 4.79 Å². The molecule has 0 saturated heterocycles. The van der Waals surface area contributed by atoms with Crippen molar-refractivity contribution in [1.29, 1.82) is 0 Å². The molecule has 0 amide bonds. The molecule has 0 spiro atoms. The molecule has 234 valence electrons. The second-order valence-corrected chi connectivity index (χ2v) is 15.1. The zero-order valence-electron chi connectivity index (χ0n) is 27.5. The average Bonchev–Trinajstić information content (AvgIpc) is 3.74. The van der Waals surface area contributed by atoms with Gasteiger partial charge in [0.2, 0.25) is 0 Å². The third-order valence-corrected chi connectivity index (χ3v) is 12.1. The van der Waals surface area contributed by atoms with Crippen LogP contribution in [0.3, 0.4) is 0 Å². The van der Waals surface area contributed by atoms with Gasteiger partial charge in [-0.15, -0.1) is 11.3 Å². The largest absolute Gasteiger partial charge is 0.310 e. The Morgan fingerprint density at radius 1 is 0.633 bits per heavy atom. The Morgan fingerprint density at radius 3 is 2.20 bits per heavy atom. The van der Waals surface area contributed by atoms with E-state index < -0.39 is 0 Å². The van der Waals surface area contributed by atoms with E-state index in [9.17, 15) is 4.79 Å².